The zero-order valence-electron chi connectivity index (χ0n) is 19.4. The Labute approximate surface area is 197 Å². The number of hydrogen-bond acceptors (Lipinski definition) is 7. The number of hydrogen-bond donors (Lipinski definition) is 2. The van der Waals surface area contributed by atoms with Crippen molar-refractivity contribution in [3.8, 4) is 0 Å². The maximum absolute atomic E-state index is 13.2. The number of esters is 1. The summed E-state index contributed by atoms with van der Waals surface area (Å²) in [4.78, 5) is 30.3. The molecule has 8 heteroatoms. The Bertz CT molecular complexity index is 1200. The number of nitrogens with one attached hydrogen (secondary N) is 1. The predicted molar refractivity (Wildman–Crippen MR) is 127 cm³/mol. The average Bonchev–Trinajstić information content (AvgIpc) is 2.79. The average molecular weight is 464 g/mol. The molecule has 0 saturated carbocycles. The SMILES string of the molecule is CC(C)(C)OC(=O)C(C)(Nc1cc(C(=NO)C(=O)c2ccc(F)cc2)ccn1)c1ccccc1. The second-order valence-corrected chi connectivity index (χ2v) is 8.83. The number of pyridine rings is 1. The van der Waals surface area contributed by atoms with Crippen LogP contribution in [0.3, 0.4) is 0 Å². The number of Topliss-reactive ketones (excluding diaryl/α,β-unsaturated/α-hetero) is 1. The number of benzene rings is 2. The number of carbonyl (C=O) groups excluding carboxylic acids is 2. The van der Waals surface area contributed by atoms with Crippen LogP contribution < -0.4 is 5.32 Å². The summed E-state index contributed by atoms with van der Waals surface area (Å²) in [6.45, 7) is 7.01. The van der Waals surface area contributed by atoms with E-state index in [1.165, 1.54) is 30.5 Å². The molecule has 3 aromatic rings. The number of aromatic nitrogens is 1. The molecular weight excluding hydrogens is 437 g/mol. The van der Waals surface area contributed by atoms with E-state index in [0.717, 1.165) is 12.1 Å². The fraction of sp³-hybridized carbons (Fsp3) is 0.231. The molecule has 2 N–H and O–H groups in total. The van der Waals surface area contributed by atoms with Crippen LogP contribution in [-0.4, -0.2) is 33.3 Å². The van der Waals surface area contributed by atoms with Crippen molar-refractivity contribution in [2.75, 3.05) is 5.32 Å². The van der Waals surface area contributed by atoms with E-state index in [-0.39, 0.29) is 22.7 Å². The van der Waals surface area contributed by atoms with E-state index in [2.05, 4.69) is 15.5 Å². The highest BCUT2D eigenvalue weighted by Crippen LogP contribution is 2.29. The molecule has 0 amide bonds. The van der Waals surface area contributed by atoms with Gasteiger partial charge in [0, 0.05) is 17.3 Å². The molecule has 0 bridgehead atoms. The topological polar surface area (TPSA) is 101 Å². The van der Waals surface area contributed by atoms with Gasteiger partial charge in [-0.15, -0.1) is 0 Å². The second kappa shape index (κ2) is 9.82. The van der Waals surface area contributed by atoms with Gasteiger partial charge in [0.05, 0.1) is 0 Å². The van der Waals surface area contributed by atoms with Crippen molar-refractivity contribution in [2.24, 2.45) is 5.16 Å². The fourth-order valence-electron chi connectivity index (χ4n) is 3.27. The molecular formula is C26H26FN3O4. The number of nitrogens with zero attached hydrogens (tertiary/aromatic N) is 2. The molecule has 0 aliphatic heterocycles. The van der Waals surface area contributed by atoms with Crippen LogP contribution in [0, 0.1) is 5.82 Å². The highest BCUT2D eigenvalue weighted by molar-refractivity contribution is 6.51. The van der Waals surface area contributed by atoms with Gasteiger partial charge in [-0.05, 0) is 69.7 Å². The van der Waals surface area contributed by atoms with Crippen LogP contribution in [0.2, 0.25) is 0 Å². The van der Waals surface area contributed by atoms with Gasteiger partial charge in [0.1, 0.15) is 17.2 Å². The number of anilines is 1. The first kappa shape index (κ1) is 24.6. The Morgan fingerprint density at radius 1 is 0.971 bits per heavy atom. The molecule has 1 unspecified atom stereocenters. The summed E-state index contributed by atoms with van der Waals surface area (Å²) in [7, 11) is 0. The van der Waals surface area contributed by atoms with Crippen LogP contribution in [0.5, 0.6) is 0 Å². The molecule has 0 radical (unpaired) electrons. The molecule has 0 spiro atoms. The Morgan fingerprint density at radius 2 is 1.62 bits per heavy atom. The zero-order valence-corrected chi connectivity index (χ0v) is 19.4. The Balaban J connectivity index is 1.97. The van der Waals surface area contributed by atoms with E-state index >= 15 is 0 Å². The molecule has 1 heterocycles. The number of oxime groups is 1. The van der Waals surface area contributed by atoms with E-state index < -0.39 is 28.7 Å². The van der Waals surface area contributed by atoms with Gasteiger partial charge in [-0.1, -0.05) is 35.5 Å². The van der Waals surface area contributed by atoms with Crippen LogP contribution in [0.25, 0.3) is 0 Å². The zero-order chi connectivity index (χ0) is 24.9. The van der Waals surface area contributed by atoms with Crippen molar-refractivity contribution in [1.29, 1.82) is 0 Å². The van der Waals surface area contributed by atoms with Crippen molar-refractivity contribution < 1.29 is 23.9 Å². The van der Waals surface area contributed by atoms with E-state index in [1.807, 2.05) is 6.07 Å². The largest absolute Gasteiger partial charge is 0.458 e. The molecule has 0 aliphatic rings. The van der Waals surface area contributed by atoms with Crippen LogP contribution >= 0.6 is 0 Å². The maximum Gasteiger partial charge on any atom is 0.336 e. The summed E-state index contributed by atoms with van der Waals surface area (Å²) in [6, 6.07) is 16.9. The number of carbonyl (C=O) groups is 2. The van der Waals surface area contributed by atoms with Crippen molar-refractivity contribution >= 4 is 23.3 Å². The molecule has 34 heavy (non-hydrogen) atoms. The molecule has 1 aromatic heterocycles. The lowest BCUT2D eigenvalue weighted by Crippen LogP contribution is -2.45. The monoisotopic (exact) mass is 463 g/mol. The number of rotatable bonds is 7. The van der Waals surface area contributed by atoms with E-state index in [1.54, 1.807) is 52.0 Å². The van der Waals surface area contributed by atoms with Crippen molar-refractivity contribution in [3.05, 3.63) is 95.4 Å². The van der Waals surface area contributed by atoms with Crippen LogP contribution in [0.15, 0.2) is 78.1 Å². The molecule has 3 rings (SSSR count). The first-order chi connectivity index (χ1) is 16.0. The van der Waals surface area contributed by atoms with Crippen molar-refractivity contribution in [1.82, 2.24) is 4.98 Å². The van der Waals surface area contributed by atoms with Gasteiger partial charge >= 0.3 is 5.97 Å². The third-order valence-electron chi connectivity index (χ3n) is 4.99. The number of ketones is 1. The maximum atomic E-state index is 13.2. The number of halogens is 1. The van der Waals surface area contributed by atoms with E-state index in [4.69, 9.17) is 4.74 Å². The first-order valence-corrected chi connectivity index (χ1v) is 10.6. The minimum absolute atomic E-state index is 0.156. The predicted octanol–water partition coefficient (Wildman–Crippen LogP) is 4.95. The lowest BCUT2D eigenvalue weighted by molar-refractivity contribution is -0.160. The first-order valence-electron chi connectivity index (χ1n) is 10.6. The molecule has 0 fully saturated rings. The van der Waals surface area contributed by atoms with Gasteiger partial charge in [0.25, 0.3) is 0 Å². The number of ether oxygens (including phenoxy) is 1. The summed E-state index contributed by atoms with van der Waals surface area (Å²) in [6.07, 6.45) is 1.42. The lowest BCUT2D eigenvalue weighted by atomic mass is 9.91. The Kier molecular flexibility index (Phi) is 7.10. The molecule has 0 aliphatic carbocycles. The Hall–Kier alpha value is -4.07. The molecule has 7 nitrogen and oxygen atoms in total. The van der Waals surface area contributed by atoms with Gasteiger partial charge in [-0.2, -0.15) is 0 Å². The van der Waals surface area contributed by atoms with Crippen LogP contribution in [0.1, 0.15) is 49.2 Å². The molecule has 2 aromatic carbocycles. The summed E-state index contributed by atoms with van der Waals surface area (Å²) in [5.74, 6) is -1.35. The minimum Gasteiger partial charge on any atom is -0.458 e. The van der Waals surface area contributed by atoms with Crippen LogP contribution in [0.4, 0.5) is 10.2 Å². The molecule has 0 saturated heterocycles. The summed E-state index contributed by atoms with van der Waals surface area (Å²) in [5.41, 5.74) is -1.22. The molecule has 176 valence electrons. The van der Waals surface area contributed by atoms with Gasteiger partial charge in [-0.3, -0.25) is 4.79 Å². The smallest absolute Gasteiger partial charge is 0.336 e. The van der Waals surface area contributed by atoms with Crippen molar-refractivity contribution in [2.45, 2.75) is 38.8 Å². The standard InChI is InChI=1S/C26H26FN3O4/c1-25(2,3)34-24(32)26(4,19-8-6-5-7-9-19)29-21-16-18(14-15-28-21)22(30-33)23(31)17-10-12-20(27)13-11-17/h5-16,33H,1-4H3,(H,28,29). The highest BCUT2D eigenvalue weighted by atomic mass is 19.1. The summed E-state index contributed by atoms with van der Waals surface area (Å²) in [5, 5.41) is 15.8. The minimum atomic E-state index is -1.31. The lowest BCUT2D eigenvalue weighted by Gasteiger charge is -2.33. The van der Waals surface area contributed by atoms with Gasteiger partial charge in [-0.25, -0.2) is 14.2 Å². The van der Waals surface area contributed by atoms with E-state index in [0.29, 0.717) is 5.56 Å². The third kappa shape index (κ3) is 5.64. The Morgan fingerprint density at radius 3 is 2.21 bits per heavy atom. The normalized spacial score (nSPS) is 13.6. The van der Waals surface area contributed by atoms with Crippen molar-refractivity contribution in [3.63, 3.8) is 0 Å². The molecule has 1 atom stereocenters. The van der Waals surface area contributed by atoms with E-state index in [9.17, 15) is 19.2 Å². The third-order valence-corrected chi connectivity index (χ3v) is 4.99. The quantitative estimate of drug-likeness (QED) is 0.169. The van der Waals surface area contributed by atoms with Gasteiger partial charge in [0.15, 0.2) is 11.3 Å². The second-order valence-electron chi connectivity index (χ2n) is 8.83. The van der Waals surface area contributed by atoms with Crippen LogP contribution in [-0.2, 0) is 15.1 Å². The summed E-state index contributed by atoms with van der Waals surface area (Å²) >= 11 is 0. The fourth-order valence-corrected chi connectivity index (χ4v) is 3.27. The summed E-state index contributed by atoms with van der Waals surface area (Å²) < 4.78 is 18.9. The highest BCUT2D eigenvalue weighted by Gasteiger charge is 2.39. The van der Waals surface area contributed by atoms with Gasteiger partial charge in [0.2, 0.25) is 5.78 Å². The van der Waals surface area contributed by atoms with Gasteiger partial charge < -0.3 is 15.3 Å².